The molecule has 2 heterocycles. The Bertz CT molecular complexity index is 1070. The summed E-state index contributed by atoms with van der Waals surface area (Å²) in [7, 11) is 0. The summed E-state index contributed by atoms with van der Waals surface area (Å²) < 4.78 is 5.40. The van der Waals surface area contributed by atoms with Gasteiger partial charge in [-0.3, -0.25) is 14.5 Å². The molecule has 194 valence electrons. The van der Waals surface area contributed by atoms with Crippen molar-refractivity contribution in [1.82, 2.24) is 10.2 Å². The lowest BCUT2D eigenvalue weighted by Crippen LogP contribution is -2.38. The quantitative estimate of drug-likeness (QED) is 0.471. The van der Waals surface area contributed by atoms with Crippen molar-refractivity contribution in [2.75, 3.05) is 62.7 Å². The van der Waals surface area contributed by atoms with E-state index in [2.05, 4.69) is 27.4 Å². The van der Waals surface area contributed by atoms with E-state index in [0.717, 1.165) is 70.9 Å². The molecular formula is C27H34Cl2N4O3. The summed E-state index contributed by atoms with van der Waals surface area (Å²) >= 11 is 12.1. The number of morpholine rings is 1. The molecule has 2 aromatic carbocycles. The van der Waals surface area contributed by atoms with Crippen LogP contribution in [0.15, 0.2) is 36.4 Å². The molecule has 0 atom stereocenters. The van der Waals surface area contributed by atoms with Crippen LogP contribution >= 0.6 is 23.2 Å². The van der Waals surface area contributed by atoms with Gasteiger partial charge < -0.3 is 20.3 Å². The average Bonchev–Trinajstić information content (AvgIpc) is 2.89. The SMILES string of the molecule is CC1CCN(c2ccc(NC(=O)c3ccc(Cl)c(Cl)c3)cc2C(=O)NCCCN2CCOCC2)CC1. The minimum absolute atomic E-state index is 0.128. The number of carbonyl (C=O) groups excluding carboxylic acids is 2. The van der Waals surface area contributed by atoms with Gasteiger partial charge in [0.25, 0.3) is 11.8 Å². The fourth-order valence-corrected chi connectivity index (χ4v) is 4.88. The summed E-state index contributed by atoms with van der Waals surface area (Å²) in [6.45, 7) is 9.02. The number of piperidine rings is 1. The van der Waals surface area contributed by atoms with Gasteiger partial charge in [0.05, 0.1) is 28.8 Å². The van der Waals surface area contributed by atoms with Crippen molar-refractivity contribution < 1.29 is 14.3 Å². The third-order valence-corrected chi connectivity index (χ3v) is 7.58. The Morgan fingerprint density at radius 3 is 2.44 bits per heavy atom. The lowest BCUT2D eigenvalue weighted by atomic mass is 9.97. The van der Waals surface area contributed by atoms with Crippen molar-refractivity contribution in [2.24, 2.45) is 5.92 Å². The number of hydrogen-bond acceptors (Lipinski definition) is 5. The van der Waals surface area contributed by atoms with E-state index in [1.165, 1.54) is 6.07 Å². The standard InChI is InChI=1S/C27H34Cl2N4O3/c1-19-7-11-33(12-8-19)25-6-4-21(31-26(34)20-3-5-23(28)24(29)17-20)18-22(25)27(35)30-9-2-10-32-13-15-36-16-14-32/h3-6,17-19H,2,7-16H2,1H3,(H,30,35)(H,31,34). The zero-order chi connectivity index (χ0) is 25.5. The summed E-state index contributed by atoms with van der Waals surface area (Å²) in [5.41, 5.74) is 2.43. The minimum Gasteiger partial charge on any atom is -0.379 e. The smallest absolute Gasteiger partial charge is 0.255 e. The molecule has 2 aromatic rings. The van der Waals surface area contributed by atoms with Crippen molar-refractivity contribution in [3.63, 3.8) is 0 Å². The highest BCUT2D eigenvalue weighted by molar-refractivity contribution is 6.42. The molecule has 7 nitrogen and oxygen atoms in total. The number of rotatable bonds is 8. The first kappa shape index (κ1) is 26.7. The molecule has 0 radical (unpaired) electrons. The fourth-order valence-electron chi connectivity index (χ4n) is 4.59. The van der Waals surface area contributed by atoms with E-state index < -0.39 is 0 Å². The fraction of sp³-hybridized carbons (Fsp3) is 0.481. The second-order valence-corrected chi connectivity index (χ2v) is 10.4. The van der Waals surface area contributed by atoms with E-state index in [9.17, 15) is 9.59 Å². The molecule has 0 aromatic heterocycles. The van der Waals surface area contributed by atoms with Gasteiger partial charge in [0.1, 0.15) is 0 Å². The van der Waals surface area contributed by atoms with Crippen molar-refractivity contribution in [3.05, 3.63) is 57.6 Å². The first-order valence-corrected chi connectivity index (χ1v) is 13.4. The molecule has 36 heavy (non-hydrogen) atoms. The van der Waals surface area contributed by atoms with Gasteiger partial charge in [-0.15, -0.1) is 0 Å². The van der Waals surface area contributed by atoms with Crippen LogP contribution in [0.4, 0.5) is 11.4 Å². The molecule has 0 unspecified atom stereocenters. The molecule has 2 aliphatic rings. The van der Waals surface area contributed by atoms with Crippen molar-refractivity contribution in [2.45, 2.75) is 26.2 Å². The highest BCUT2D eigenvalue weighted by atomic mass is 35.5. The predicted molar refractivity (Wildman–Crippen MR) is 146 cm³/mol. The zero-order valence-electron chi connectivity index (χ0n) is 20.7. The third-order valence-electron chi connectivity index (χ3n) is 6.85. The number of nitrogens with one attached hydrogen (secondary N) is 2. The summed E-state index contributed by atoms with van der Waals surface area (Å²) in [5.74, 6) is 0.240. The van der Waals surface area contributed by atoms with Gasteiger partial charge in [0.15, 0.2) is 0 Å². The van der Waals surface area contributed by atoms with Gasteiger partial charge in [-0.2, -0.15) is 0 Å². The van der Waals surface area contributed by atoms with Gasteiger partial charge in [0.2, 0.25) is 0 Å². The van der Waals surface area contributed by atoms with Crippen LogP contribution in [-0.4, -0.2) is 69.2 Å². The number of anilines is 2. The van der Waals surface area contributed by atoms with Gasteiger partial charge in [-0.05, 0) is 68.1 Å². The van der Waals surface area contributed by atoms with Crippen LogP contribution < -0.4 is 15.5 Å². The topological polar surface area (TPSA) is 73.9 Å². The maximum absolute atomic E-state index is 13.3. The molecule has 2 saturated heterocycles. The van der Waals surface area contributed by atoms with Crippen molar-refractivity contribution in [3.8, 4) is 0 Å². The molecule has 0 bridgehead atoms. The van der Waals surface area contributed by atoms with Gasteiger partial charge in [-0.25, -0.2) is 0 Å². The molecule has 2 fully saturated rings. The predicted octanol–water partition coefficient (Wildman–Crippen LogP) is 4.93. The second-order valence-electron chi connectivity index (χ2n) is 9.55. The number of hydrogen-bond donors (Lipinski definition) is 2. The number of amides is 2. The van der Waals surface area contributed by atoms with Crippen LogP contribution in [0.3, 0.4) is 0 Å². The van der Waals surface area contributed by atoms with Crippen LogP contribution in [0.5, 0.6) is 0 Å². The van der Waals surface area contributed by atoms with E-state index in [1.807, 2.05) is 12.1 Å². The van der Waals surface area contributed by atoms with Crippen LogP contribution in [-0.2, 0) is 4.74 Å². The number of carbonyl (C=O) groups is 2. The Morgan fingerprint density at radius 2 is 1.72 bits per heavy atom. The number of benzene rings is 2. The zero-order valence-corrected chi connectivity index (χ0v) is 22.2. The second kappa shape index (κ2) is 12.8. The van der Waals surface area contributed by atoms with Crippen LogP contribution in [0.25, 0.3) is 0 Å². The van der Waals surface area contributed by atoms with E-state index in [4.69, 9.17) is 27.9 Å². The molecule has 0 aliphatic carbocycles. The number of ether oxygens (including phenoxy) is 1. The minimum atomic E-state index is -0.315. The summed E-state index contributed by atoms with van der Waals surface area (Å²) in [6.07, 6.45) is 3.06. The van der Waals surface area contributed by atoms with E-state index in [-0.39, 0.29) is 11.8 Å². The van der Waals surface area contributed by atoms with E-state index >= 15 is 0 Å². The average molecular weight is 534 g/mol. The molecule has 2 N–H and O–H groups in total. The Balaban J connectivity index is 1.46. The lowest BCUT2D eigenvalue weighted by Gasteiger charge is -2.33. The Labute approximate surface area is 223 Å². The highest BCUT2D eigenvalue weighted by Crippen LogP contribution is 2.29. The molecular weight excluding hydrogens is 499 g/mol. The first-order valence-electron chi connectivity index (χ1n) is 12.6. The highest BCUT2D eigenvalue weighted by Gasteiger charge is 2.22. The van der Waals surface area contributed by atoms with E-state index in [1.54, 1.807) is 18.2 Å². The van der Waals surface area contributed by atoms with Crippen LogP contribution in [0, 0.1) is 5.92 Å². The summed E-state index contributed by atoms with van der Waals surface area (Å²) in [5, 5.41) is 6.68. The largest absolute Gasteiger partial charge is 0.379 e. The molecule has 4 rings (SSSR count). The van der Waals surface area contributed by atoms with Crippen LogP contribution in [0.2, 0.25) is 10.0 Å². The Kier molecular flexibility index (Phi) is 9.48. The van der Waals surface area contributed by atoms with Crippen molar-refractivity contribution >= 4 is 46.4 Å². The Morgan fingerprint density at radius 1 is 0.972 bits per heavy atom. The molecule has 0 saturated carbocycles. The molecule has 2 amide bonds. The van der Waals surface area contributed by atoms with Gasteiger partial charge in [0, 0.05) is 49.7 Å². The lowest BCUT2D eigenvalue weighted by molar-refractivity contribution is 0.0374. The van der Waals surface area contributed by atoms with Crippen LogP contribution in [0.1, 0.15) is 46.9 Å². The van der Waals surface area contributed by atoms with Gasteiger partial charge in [-0.1, -0.05) is 30.1 Å². The monoisotopic (exact) mass is 532 g/mol. The summed E-state index contributed by atoms with van der Waals surface area (Å²) in [6, 6.07) is 10.3. The summed E-state index contributed by atoms with van der Waals surface area (Å²) in [4.78, 5) is 30.7. The molecule has 9 heteroatoms. The van der Waals surface area contributed by atoms with E-state index in [0.29, 0.717) is 39.3 Å². The number of halogens is 2. The first-order chi connectivity index (χ1) is 17.4. The molecule has 0 spiro atoms. The van der Waals surface area contributed by atoms with Gasteiger partial charge >= 0.3 is 0 Å². The number of nitrogens with zero attached hydrogens (tertiary/aromatic N) is 2. The third kappa shape index (κ3) is 7.13. The normalized spacial score (nSPS) is 17.1. The maximum atomic E-state index is 13.3. The Hall–Kier alpha value is -2.32. The molecule has 2 aliphatic heterocycles. The van der Waals surface area contributed by atoms with Crippen molar-refractivity contribution in [1.29, 1.82) is 0 Å². The maximum Gasteiger partial charge on any atom is 0.255 e.